The molecule has 2 rings (SSSR count). The van der Waals surface area contributed by atoms with Crippen molar-refractivity contribution in [2.45, 2.75) is 38.1 Å². The van der Waals surface area contributed by atoms with Gasteiger partial charge >= 0.3 is 0 Å². The number of aliphatic hydroxyl groups is 1. The fraction of sp³-hybridized carbons (Fsp3) is 1.00. The van der Waals surface area contributed by atoms with Crippen LogP contribution in [0.25, 0.3) is 0 Å². The SMILES string of the molecule is OCC1CCCC1N1CCCC1. The van der Waals surface area contributed by atoms with Crippen LogP contribution in [0.2, 0.25) is 0 Å². The number of hydrogen-bond acceptors (Lipinski definition) is 2. The topological polar surface area (TPSA) is 23.5 Å². The molecule has 2 unspecified atom stereocenters. The van der Waals surface area contributed by atoms with Crippen LogP contribution < -0.4 is 0 Å². The first-order valence-electron chi connectivity index (χ1n) is 5.26. The van der Waals surface area contributed by atoms with Crippen LogP contribution in [-0.4, -0.2) is 35.7 Å². The Morgan fingerprint density at radius 3 is 2.50 bits per heavy atom. The van der Waals surface area contributed by atoms with Crippen LogP contribution in [-0.2, 0) is 0 Å². The highest BCUT2D eigenvalue weighted by Crippen LogP contribution is 2.31. The number of likely N-dealkylation sites (tertiary alicyclic amines) is 1. The summed E-state index contributed by atoms with van der Waals surface area (Å²) in [7, 11) is 0. The highest BCUT2D eigenvalue weighted by atomic mass is 16.3. The van der Waals surface area contributed by atoms with Crippen LogP contribution in [0.5, 0.6) is 0 Å². The summed E-state index contributed by atoms with van der Waals surface area (Å²) in [4.78, 5) is 2.59. The van der Waals surface area contributed by atoms with Crippen molar-refractivity contribution in [2.75, 3.05) is 19.7 Å². The summed E-state index contributed by atoms with van der Waals surface area (Å²) < 4.78 is 0. The lowest BCUT2D eigenvalue weighted by molar-refractivity contribution is 0.137. The Bertz CT molecular complexity index is 143. The Morgan fingerprint density at radius 2 is 1.83 bits per heavy atom. The lowest BCUT2D eigenvalue weighted by atomic mass is 10.0. The summed E-state index contributed by atoms with van der Waals surface area (Å²) in [5.41, 5.74) is 0. The number of aliphatic hydroxyl groups excluding tert-OH is 1. The van der Waals surface area contributed by atoms with E-state index in [0.717, 1.165) is 6.04 Å². The Morgan fingerprint density at radius 1 is 1.08 bits per heavy atom. The van der Waals surface area contributed by atoms with Gasteiger partial charge in [-0.2, -0.15) is 0 Å². The molecule has 12 heavy (non-hydrogen) atoms. The van der Waals surface area contributed by atoms with Crippen molar-refractivity contribution in [3.8, 4) is 0 Å². The van der Waals surface area contributed by atoms with Crippen LogP contribution in [0.1, 0.15) is 32.1 Å². The average Bonchev–Trinajstić information content (AvgIpc) is 2.74. The van der Waals surface area contributed by atoms with E-state index in [1.807, 2.05) is 0 Å². The van der Waals surface area contributed by atoms with Crippen molar-refractivity contribution in [3.05, 3.63) is 0 Å². The van der Waals surface area contributed by atoms with Crippen molar-refractivity contribution < 1.29 is 5.11 Å². The van der Waals surface area contributed by atoms with E-state index >= 15 is 0 Å². The smallest absolute Gasteiger partial charge is 0.0474 e. The van der Waals surface area contributed by atoms with Gasteiger partial charge in [-0.05, 0) is 44.7 Å². The molecule has 1 N–H and O–H groups in total. The molecular formula is C10H19NO. The molecule has 0 bridgehead atoms. The van der Waals surface area contributed by atoms with Crippen molar-refractivity contribution in [2.24, 2.45) is 5.92 Å². The van der Waals surface area contributed by atoms with E-state index in [1.54, 1.807) is 0 Å². The third kappa shape index (κ3) is 1.50. The largest absolute Gasteiger partial charge is 0.396 e. The zero-order valence-electron chi connectivity index (χ0n) is 7.71. The number of nitrogens with zero attached hydrogens (tertiary/aromatic N) is 1. The maximum Gasteiger partial charge on any atom is 0.0474 e. The first-order chi connectivity index (χ1) is 5.92. The molecule has 2 aliphatic rings. The Hall–Kier alpha value is -0.0800. The predicted octanol–water partition coefficient (Wildman–Crippen LogP) is 1.24. The van der Waals surface area contributed by atoms with E-state index in [2.05, 4.69) is 4.90 Å². The number of hydrogen-bond donors (Lipinski definition) is 1. The van der Waals surface area contributed by atoms with Gasteiger partial charge in [-0.1, -0.05) is 6.42 Å². The summed E-state index contributed by atoms with van der Waals surface area (Å²) in [6.07, 6.45) is 6.64. The Kier molecular flexibility index (Phi) is 2.66. The third-order valence-corrected chi connectivity index (χ3v) is 3.46. The second-order valence-corrected chi connectivity index (χ2v) is 4.18. The normalized spacial score (nSPS) is 37.8. The zero-order valence-corrected chi connectivity index (χ0v) is 7.71. The first kappa shape index (κ1) is 8.52. The van der Waals surface area contributed by atoms with E-state index in [1.165, 1.54) is 45.2 Å². The van der Waals surface area contributed by atoms with Gasteiger partial charge in [0, 0.05) is 12.6 Å². The minimum absolute atomic E-state index is 0.404. The molecule has 0 amide bonds. The van der Waals surface area contributed by atoms with Crippen LogP contribution in [0.4, 0.5) is 0 Å². The fourth-order valence-corrected chi connectivity index (χ4v) is 2.78. The molecule has 0 aromatic carbocycles. The van der Waals surface area contributed by atoms with E-state index in [0.29, 0.717) is 12.5 Å². The van der Waals surface area contributed by atoms with Gasteiger partial charge in [0.05, 0.1) is 0 Å². The van der Waals surface area contributed by atoms with E-state index in [9.17, 15) is 5.11 Å². The molecule has 1 heterocycles. The summed E-state index contributed by atoms with van der Waals surface area (Å²) in [6.45, 7) is 2.96. The molecule has 1 saturated carbocycles. The Balaban J connectivity index is 1.92. The minimum atomic E-state index is 0.404. The van der Waals surface area contributed by atoms with E-state index in [-0.39, 0.29) is 0 Å². The van der Waals surface area contributed by atoms with Gasteiger partial charge in [-0.3, -0.25) is 0 Å². The molecule has 0 aromatic rings. The highest BCUT2D eigenvalue weighted by molar-refractivity contribution is 4.86. The van der Waals surface area contributed by atoms with Crippen molar-refractivity contribution >= 4 is 0 Å². The zero-order chi connectivity index (χ0) is 8.39. The van der Waals surface area contributed by atoms with Gasteiger partial charge in [0.25, 0.3) is 0 Å². The molecule has 2 fully saturated rings. The van der Waals surface area contributed by atoms with Gasteiger partial charge in [0.15, 0.2) is 0 Å². The molecule has 70 valence electrons. The standard InChI is InChI=1S/C10H19NO/c12-8-9-4-3-5-10(9)11-6-1-2-7-11/h9-10,12H,1-8H2. The van der Waals surface area contributed by atoms with E-state index in [4.69, 9.17) is 0 Å². The maximum absolute atomic E-state index is 9.17. The molecule has 1 aliphatic heterocycles. The molecule has 0 aromatic heterocycles. The quantitative estimate of drug-likeness (QED) is 0.672. The van der Waals surface area contributed by atoms with Gasteiger partial charge in [-0.25, -0.2) is 0 Å². The van der Waals surface area contributed by atoms with E-state index < -0.39 is 0 Å². The summed E-state index contributed by atoms with van der Waals surface area (Å²) in [6, 6.07) is 0.720. The first-order valence-corrected chi connectivity index (χ1v) is 5.26. The molecule has 2 atom stereocenters. The second kappa shape index (κ2) is 3.75. The van der Waals surface area contributed by atoms with Gasteiger partial charge in [0.1, 0.15) is 0 Å². The van der Waals surface area contributed by atoms with Crippen LogP contribution in [0.15, 0.2) is 0 Å². The fourth-order valence-electron chi connectivity index (χ4n) is 2.78. The summed E-state index contributed by atoms with van der Waals surface area (Å²) in [5.74, 6) is 0.586. The molecular weight excluding hydrogens is 150 g/mol. The molecule has 0 radical (unpaired) electrons. The van der Waals surface area contributed by atoms with Crippen molar-refractivity contribution in [3.63, 3.8) is 0 Å². The molecule has 2 heteroatoms. The maximum atomic E-state index is 9.17. The molecule has 2 nitrogen and oxygen atoms in total. The minimum Gasteiger partial charge on any atom is -0.396 e. The third-order valence-electron chi connectivity index (χ3n) is 3.46. The lowest BCUT2D eigenvalue weighted by Gasteiger charge is -2.27. The molecule has 1 aliphatic carbocycles. The second-order valence-electron chi connectivity index (χ2n) is 4.18. The van der Waals surface area contributed by atoms with Gasteiger partial charge < -0.3 is 10.0 Å². The van der Waals surface area contributed by atoms with Crippen LogP contribution >= 0.6 is 0 Å². The van der Waals surface area contributed by atoms with Crippen molar-refractivity contribution in [1.29, 1.82) is 0 Å². The van der Waals surface area contributed by atoms with Crippen LogP contribution in [0.3, 0.4) is 0 Å². The Labute approximate surface area is 74.6 Å². The summed E-state index contributed by atoms with van der Waals surface area (Å²) >= 11 is 0. The van der Waals surface area contributed by atoms with Crippen molar-refractivity contribution in [1.82, 2.24) is 4.90 Å². The average molecular weight is 169 g/mol. The highest BCUT2D eigenvalue weighted by Gasteiger charge is 2.32. The monoisotopic (exact) mass is 169 g/mol. The molecule has 0 spiro atoms. The predicted molar refractivity (Wildman–Crippen MR) is 49.0 cm³/mol. The number of rotatable bonds is 2. The summed E-state index contributed by atoms with van der Waals surface area (Å²) in [5, 5.41) is 9.17. The molecule has 1 saturated heterocycles. The van der Waals surface area contributed by atoms with Gasteiger partial charge in [0.2, 0.25) is 0 Å². The van der Waals surface area contributed by atoms with Gasteiger partial charge in [-0.15, -0.1) is 0 Å². The van der Waals surface area contributed by atoms with Crippen LogP contribution in [0, 0.1) is 5.92 Å². The lowest BCUT2D eigenvalue weighted by Crippen LogP contribution is -2.36.